The lowest BCUT2D eigenvalue weighted by Gasteiger charge is -2.05. The Morgan fingerprint density at radius 3 is 1.68 bits per heavy atom. The number of nitrogens with zero attached hydrogens (tertiary/aromatic N) is 2. The maximum Gasteiger partial charge on any atom is 0.416 e. The number of aromatic hydroxyl groups is 2. The Balaban J connectivity index is 0.000000257. The molecule has 0 saturated carbocycles. The molecule has 2 aromatic rings. The van der Waals surface area contributed by atoms with E-state index < -0.39 is 50.3 Å². The number of halogens is 4. The van der Waals surface area contributed by atoms with Crippen LogP contribution in [0.2, 0.25) is 0 Å². The van der Waals surface area contributed by atoms with Gasteiger partial charge in [-0.1, -0.05) is 0 Å². The van der Waals surface area contributed by atoms with Gasteiger partial charge in [0.1, 0.15) is 5.82 Å². The van der Waals surface area contributed by atoms with E-state index in [-0.39, 0.29) is 6.07 Å². The standard InChI is InChI=1S/C7H4F3NO3.C6H4FNO3/c8-7(9,10)4-1-2-6(12)5(3-4)11(13)14;7-4-1-2-6(9)5(3-4)8(10)11/h1-3,12H;1-3,9H. The Hall–Kier alpha value is -3.44. The highest BCUT2D eigenvalue weighted by molar-refractivity contribution is 5.48. The zero-order chi connectivity index (χ0) is 19.4. The van der Waals surface area contributed by atoms with Gasteiger partial charge in [-0.3, -0.25) is 20.2 Å². The first-order chi connectivity index (χ1) is 11.4. The molecule has 0 heterocycles. The van der Waals surface area contributed by atoms with Crippen LogP contribution < -0.4 is 0 Å². The molecule has 25 heavy (non-hydrogen) atoms. The fourth-order valence-electron chi connectivity index (χ4n) is 1.49. The molecule has 0 bridgehead atoms. The summed E-state index contributed by atoms with van der Waals surface area (Å²) in [5, 5.41) is 37.9. The lowest BCUT2D eigenvalue weighted by Crippen LogP contribution is -2.05. The molecule has 0 fully saturated rings. The SMILES string of the molecule is O=[N+]([O-])c1cc(C(F)(F)F)ccc1O.O=[N+]([O-])c1cc(F)ccc1O. The average Bonchev–Trinajstić information content (AvgIpc) is 2.49. The van der Waals surface area contributed by atoms with Crippen LogP contribution in [0.1, 0.15) is 5.56 Å². The summed E-state index contributed by atoms with van der Waals surface area (Å²) in [6.07, 6.45) is -4.65. The van der Waals surface area contributed by atoms with Gasteiger partial charge in [0, 0.05) is 6.07 Å². The van der Waals surface area contributed by atoms with E-state index in [4.69, 9.17) is 10.2 Å². The monoisotopic (exact) mass is 364 g/mol. The summed E-state index contributed by atoms with van der Waals surface area (Å²) in [7, 11) is 0. The van der Waals surface area contributed by atoms with Crippen molar-refractivity contribution in [2.45, 2.75) is 6.18 Å². The first-order valence-electron chi connectivity index (χ1n) is 6.11. The molecule has 0 unspecified atom stereocenters. The Labute approximate surface area is 135 Å². The highest BCUT2D eigenvalue weighted by Gasteiger charge is 2.32. The molecule has 0 radical (unpaired) electrons. The van der Waals surface area contributed by atoms with Gasteiger partial charge in [0.05, 0.1) is 21.5 Å². The zero-order valence-electron chi connectivity index (χ0n) is 11.9. The van der Waals surface area contributed by atoms with Crippen molar-refractivity contribution in [3.05, 3.63) is 68.0 Å². The third-order valence-electron chi connectivity index (χ3n) is 2.63. The first-order valence-corrected chi connectivity index (χ1v) is 6.11. The molecule has 8 nitrogen and oxygen atoms in total. The van der Waals surface area contributed by atoms with Gasteiger partial charge < -0.3 is 10.2 Å². The van der Waals surface area contributed by atoms with Crippen LogP contribution >= 0.6 is 0 Å². The van der Waals surface area contributed by atoms with E-state index >= 15 is 0 Å². The van der Waals surface area contributed by atoms with E-state index in [1.807, 2.05) is 0 Å². The minimum absolute atomic E-state index is 0.287. The van der Waals surface area contributed by atoms with E-state index in [0.717, 1.165) is 12.1 Å². The first kappa shape index (κ1) is 19.6. The second kappa shape index (κ2) is 7.42. The maximum absolute atomic E-state index is 12.3. The van der Waals surface area contributed by atoms with Crippen molar-refractivity contribution in [2.24, 2.45) is 0 Å². The van der Waals surface area contributed by atoms with Gasteiger partial charge in [-0.25, -0.2) is 4.39 Å². The van der Waals surface area contributed by atoms with Gasteiger partial charge in [0.15, 0.2) is 11.5 Å². The highest BCUT2D eigenvalue weighted by Crippen LogP contribution is 2.35. The fraction of sp³-hybridized carbons (Fsp3) is 0.0769. The van der Waals surface area contributed by atoms with Crippen LogP contribution in [0.4, 0.5) is 28.9 Å². The minimum atomic E-state index is -4.65. The Kier molecular flexibility index (Phi) is 5.82. The number of phenolic OH excluding ortho intramolecular Hbond substituents is 2. The zero-order valence-corrected chi connectivity index (χ0v) is 11.9. The molecule has 134 valence electrons. The molecule has 2 N–H and O–H groups in total. The predicted molar refractivity (Wildman–Crippen MR) is 74.5 cm³/mol. The van der Waals surface area contributed by atoms with Crippen molar-refractivity contribution in [1.29, 1.82) is 0 Å². The van der Waals surface area contributed by atoms with Crippen LogP contribution in [-0.2, 0) is 6.18 Å². The third-order valence-corrected chi connectivity index (χ3v) is 2.63. The Morgan fingerprint density at radius 2 is 1.28 bits per heavy atom. The Bertz CT molecular complexity index is 810. The molecule has 0 amide bonds. The number of phenols is 2. The average molecular weight is 364 g/mol. The molecule has 0 spiro atoms. The second-order valence-electron chi connectivity index (χ2n) is 4.35. The van der Waals surface area contributed by atoms with Crippen molar-refractivity contribution >= 4 is 11.4 Å². The lowest BCUT2D eigenvalue weighted by molar-refractivity contribution is -0.386. The van der Waals surface area contributed by atoms with Gasteiger partial charge in [0.25, 0.3) is 0 Å². The topological polar surface area (TPSA) is 127 Å². The van der Waals surface area contributed by atoms with Gasteiger partial charge in [-0.15, -0.1) is 0 Å². The quantitative estimate of drug-likeness (QED) is 0.475. The molecule has 0 atom stereocenters. The van der Waals surface area contributed by atoms with Crippen molar-refractivity contribution in [1.82, 2.24) is 0 Å². The maximum atomic E-state index is 12.3. The molecule has 2 rings (SSSR count). The molecular weight excluding hydrogens is 356 g/mol. The fourth-order valence-corrected chi connectivity index (χ4v) is 1.49. The minimum Gasteiger partial charge on any atom is -0.502 e. The predicted octanol–water partition coefficient (Wildman–Crippen LogP) is 3.76. The number of alkyl halides is 3. The van der Waals surface area contributed by atoms with Crippen LogP contribution in [0.5, 0.6) is 11.5 Å². The molecule has 0 aliphatic carbocycles. The van der Waals surface area contributed by atoms with Gasteiger partial charge in [0.2, 0.25) is 0 Å². The van der Waals surface area contributed by atoms with E-state index in [1.165, 1.54) is 0 Å². The summed E-state index contributed by atoms with van der Waals surface area (Å²) in [6.45, 7) is 0. The normalized spacial score (nSPS) is 10.6. The summed E-state index contributed by atoms with van der Waals surface area (Å²) in [5.41, 5.74) is -2.74. The summed E-state index contributed by atoms with van der Waals surface area (Å²) in [5.74, 6) is -2.06. The molecule has 0 aromatic heterocycles. The number of hydrogen-bond donors (Lipinski definition) is 2. The van der Waals surface area contributed by atoms with Crippen LogP contribution in [0.15, 0.2) is 36.4 Å². The van der Waals surface area contributed by atoms with E-state index in [1.54, 1.807) is 0 Å². The number of hydrogen-bond acceptors (Lipinski definition) is 6. The van der Waals surface area contributed by atoms with Crippen LogP contribution in [-0.4, -0.2) is 20.1 Å². The van der Waals surface area contributed by atoms with Crippen LogP contribution in [0.25, 0.3) is 0 Å². The third kappa shape index (κ3) is 5.30. The summed E-state index contributed by atoms with van der Waals surface area (Å²) in [6, 6.07) is 4.05. The van der Waals surface area contributed by atoms with Crippen LogP contribution in [0.3, 0.4) is 0 Å². The number of benzene rings is 2. The number of nitro groups is 2. The molecular formula is C13H8F4N2O6. The lowest BCUT2D eigenvalue weighted by atomic mass is 10.2. The summed E-state index contributed by atoms with van der Waals surface area (Å²) < 4.78 is 48.5. The van der Waals surface area contributed by atoms with Crippen molar-refractivity contribution < 1.29 is 37.6 Å². The molecule has 2 aromatic carbocycles. The van der Waals surface area contributed by atoms with E-state index in [9.17, 15) is 37.8 Å². The van der Waals surface area contributed by atoms with Crippen LogP contribution in [0, 0.1) is 26.0 Å². The highest BCUT2D eigenvalue weighted by atomic mass is 19.4. The van der Waals surface area contributed by atoms with E-state index in [2.05, 4.69) is 0 Å². The number of nitro benzene ring substituents is 2. The van der Waals surface area contributed by atoms with Gasteiger partial charge in [-0.05, 0) is 24.3 Å². The smallest absolute Gasteiger partial charge is 0.416 e. The molecule has 0 aliphatic rings. The Morgan fingerprint density at radius 1 is 0.840 bits per heavy atom. The molecule has 0 saturated heterocycles. The molecule has 12 heteroatoms. The second-order valence-corrected chi connectivity index (χ2v) is 4.35. The summed E-state index contributed by atoms with van der Waals surface area (Å²) in [4.78, 5) is 18.3. The van der Waals surface area contributed by atoms with Gasteiger partial charge >= 0.3 is 17.6 Å². The van der Waals surface area contributed by atoms with Crippen molar-refractivity contribution in [3.63, 3.8) is 0 Å². The van der Waals surface area contributed by atoms with Crippen molar-refractivity contribution in [2.75, 3.05) is 0 Å². The van der Waals surface area contributed by atoms with Gasteiger partial charge in [-0.2, -0.15) is 13.2 Å². The van der Waals surface area contributed by atoms with E-state index in [0.29, 0.717) is 18.2 Å². The largest absolute Gasteiger partial charge is 0.502 e. The number of rotatable bonds is 2. The summed E-state index contributed by atoms with van der Waals surface area (Å²) >= 11 is 0. The molecule has 0 aliphatic heterocycles. The van der Waals surface area contributed by atoms with Crippen molar-refractivity contribution in [3.8, 4) is 11.5 Å².